The van der Waals surface area contributed by atoms with Gasteiger partial charge in [0.15, 0.2) is 0 Å². The van der Waals surface area contributed by atoms with E-state index in [2.05, 4.69) is 10.3 Å². The summed E-state index contributed by atoms with van der Waals surface area (Å²) < 4.78 is 4.96. The van der Waals surface area contributed by atoms with Gasteiger partial charge in [-0.25, -0.2) is 0 Å². The molecule has 0 unspecified atom stereocenters. The summed E-state index contributed by atoms with van der Waals surface area (Å²) in [6.07, 6.45) is 3.04. The van der Waals surface area contributed by atoms with Gasteiger partial charge in [0.1, 0.15) is 6.61 Å². The first-order valence-electron chi connectivity index (χ1n) is 5.08. The average molecular weight is 239 g/mol. The molecular formula is C10H13N3O4. The van der Waals surface area contributed by atoms with E-state index < -0.39 is 4.92 Å². The number of amides is 1. The van der Waals surface area contributed by atoms with E-state index in [0.717, 1.165) is 0 Å². The van der Waals surface area contributed by atoms with Crippen LogP contribution in [0.5, 0.6) is 0 Å². The highest BCUT2D eigenvalue weighted by molar-refractivity contribution is 5.93. The number of nitro groups is 1. The molecule has 1 rings (SSSR count). The van der Waals surface area contributed by atoms with Crippen molar-refractivity contribution >= 4 is 5.91 Å². The van der Waals surface area contributed by atoms with E-state index >= 15 is 0 Å². The SMILES string of the molecule is O=C(NCCOCC[N+](=O)[O-])c1cccnc1. The van der Waals surface area contributed by atoms with Crippen LogP contribution >= 0.6 is 0 Å². The molecule has 0 radical (unpaired) electrons. The van der Waals surface area contributed by atoms with Crippen LogP contribution in [-0.2, 0) is 4.74 Å². The quantitative estimate of drug-likeness (QED) is 0.414. The predicted molar refractivity (Wildman–Crippen MR) is 59.3 cm³/mol. The molecule has 0 aromatic carbocycles. The zero-order valence-electron chi connectivity index (χ0n) is 9.17. The summed E-state index contributed by atoms with van der Waals surface area (Å²) in [5.41, 5.74) is 0.470. The van der Waals surface area contributed by atoms with Gasteiger partial charge in [-0.05, 0) is 12.1 Å². The third kappa shape index (κ3) is 5.57. The van der Waals surface area contributed by atoms with Gasteiger partial charge >= 0.3 is 0 Å². The Morgan fingerprint density at radius 2 is 2.35 bits per heavy atom. The Kier molecular flexibility index (Phi) is 5.59. The van der Waals surface area contributed by atoms with Crippen molar-refractivity contribution < 1.29 is 14.5 Å². The molecule has 1 N–H and O–H groups in total. The number of hydrogen-bond donors (Lipinski definition) is 1. The predicted octanol–water partition coefficient (Wildman–Crippen LogP) is 0.105. The van der Waals surface area contributed by atoms with E-state index in [1.165, 1.54) is 6.20 Å². The van der Waals surface area contributed by atoms with Crippen molar-refractivity contribution in [3.8, 4) is 0 Å². The topological polar surface area (TPSA) is 94.4 Å². The van der Waals surface area contributed by atoms with Crippen molar-refractivity contribution in [1.29, 1.82) is 0 Å². The number of rotatable bonds is 7. The average Bonchev–Trinajstić information content (AvgIpc) is 2.34. The van der Waals surface area contributed by atoms with Gasteiger partial charge in [0, 0.05) is 23.9 Å². The Hall–Kier alpha value is -2.02. The van der Waals surface area contributed by atoms with E-state index in [4.69, 9.17) is 4.74 Å². The largest absolute Gasteiger partial charge is 0.373 e. The Morgan fingerprint density at radius 1 is 1.53 bits per heavy atom. The number of nitrogens with zero attached hydrogens (tertiary/aromatic N) is 2. The third-order valence-electron chi connectivity index (χ3n) is 1.87. The Balaban J connectivity index is 2.11. The molecule has 0 aliphatic heterocycles. The standard InChI is InChI=1S/C10H13N3O4/c14-10(9-2-1-3-11-8-9)12-4-6-17-7-5-13(15)16/h1-3,8H,4-7H2,(H,12,14). The molecule has 1 aromatic heterocycles. The smallest absolute Gasteiger partial charge is 0.252 e. The van der Waals surface area contributed by atoms with E-state index in [-0.39, 0.29) is 25.7 Å². The Labute approximate surface area is 98.0 Å². The van der Waals surface area contributed by atoms with Crippen LogP contribution in [0.15, 0.2) is 24.5 Å². The summed E-state index contributed by atoms with van der Waals surface area (Å²) >= 11 is 0. The summed E-state index contributed by atoms with van der Waals surface area (Å²) in [5.74, 6) is -0.240. The van der Waals surface area contributed by atoms with Gasteiger partial charge in [-0.2, -0.15) is 0 Å². The molecule has 0 saturated carbocycles. The molecular weight excluding hydrogens is 226 g/mol. The van der Waals surface area contributed by atoms with Crippen molar-refractivity contribution in [2.24, 2.45) is 0 Å². The molecule has 17 heavy (non-hydrogen) atoms. The van der Waals surface area contributed by atoms with Crippen molar-refractivity contribution in [2.45, 2.75) is 0 Å². The fourth-order valence-corrected chi connectivity index (χ4v) is 1.08. The molecule has 0 aliphatic rings. The van der Waals surface area contributed by atoms with Gasteiger partial charge in [0.05, 0.1) is 12.2 Å². The lowest BCUT2D eigenvalue weighted by atomic mass is 10.3. The van der Waals surface area contributed by atoms with Crippen LogP contribution in [0.25, 0.3) is 0 Å². The summed E-state index contributed by atoms with van der Waals surface area (Å²) in [5, 5.41) is 12.6. The fraction of sp³-hybridized carbons (Fsp3) is 0.400. The molecule has 0 spiro atoms. The minimum Gasteiger partial charge on any atom is -0.373 e. The Bertz CT molecular complexity index is 369. The second kappa shape index (κ2) is 7.29. The minimum absolute atomic E-state index is 0.0514. The summed E-state index contributed by atoms with van der Waals surface area (Å²) in [6.45, 7) is 0.387. The maximum atomic E-state index is 11.5. The lowest BCUT2D eigenvalue weighted by Crippen LogP contribution is -2.27. The van der Waals surface area contributed by atoms with Crippen LogP contribution < -0.4 is 5.32 Å². The lowest BCUT2D eigenvalue weighted by molar-refractivity contribution is -0.483. The number of carbonyl (C=O) groups excluding carboxylic acids is 1. The van der Waals surface area contributed by atoms with Gasteiger partial charge in [-0.3, -0.25) is 19.9 Å². The van der Waals surface area contributed by atoms with Crippen molar-refractivity contribution in [3.63, 3.8) is 0 Å². The van der Waals surface area contributed by atoms with Crippen molar-refractivity contribution in [2.75, 3.05) is 26.3 Å². The molecule has 0 saturated heterocycles. The molecule has 0 fully saturated rings. The molecule has 1 aromatic rings. The van der Waals surface area contributed by atoms with Crippen LogP contribution in [0.2, 0.25) is 0 Å². The zero-order chi connectivity index (χ0) is 12.5. The van der Waals surface area contributed by atoms with Gasteiger partial charge in [0.2, 0.25) is 6.54 Å². The molecule has 92 valence electrons. The number of nitrogens with one attached hydrogen (secondary N) is 1. The highest BCUT2D eigenvalue weighted by Gasteiger charge is 2.03. The first-order valence-corrected chi connectivity index (χ1v) is 5.08. The summed E-state index contributed by atoms with van der Waals surface area (Å²) in [4.78, 5) is 24.8. The van der Waals surface area contributed by atoms with Gasteiger partial charge in [0.25, 0.3) is 5.91 Å². The summed E-state index contributed by atoms with van der Waals surface area (Å²) in [6, 6.07) is 3.32. The number of ether oxygens (including phenoxy) is 1. The normalized spacial score (nSPS) is 9.88. The maximum Gasteiger partial charge on any atom is 0.252 e. The molecule has 0 aliphatic carbocycles. The van der Waals surface area contributed by atoms with Gasteiger partial charge < -0.3 is 10.1 Å². The molecule has 1 heterocycles. The molecule has 0 atom stereocenters. The molecule has 7 heteroatoms. The van der Waals surface area contributed by atoms with E-state index in [9.17, 15) is 14.9 Å². The fourth-order valence-electron chi connectivity index (χ4n) is 1.08. The zero-order valence-corrected chi connectivity index (χ0v) is 9.17. The van der Waals surface area contributed by atoms with Crippen LogP contribution in [0, 0.1) is 10.1 Å². The van der Waals surface area contributed by atoms with Crippen molar-refractivity contribution in [1.82, 2.24) is 10.3 Å². The number of carbonyl (C=O) groups is 1. The van der Waals surface area contributed by atoms with Crippen molar-refractivity contribution in [3.05, 3.63) is 40.2 Å². The van der Waals surface area contributed by atoms with Crippen LogP contribution in [-0.4, -0.2) is 42.1 Å². The minimum atomic E-state index is -0.450. The van der Waals surface area contributed by atoms with Gasteiger partial charge in [-0.15, -0.1) is 0 Å². The van der Waals surface area contributed by atoms with E-state index in [1.807, 2.05) is 0 Å². The van der Waals surface area contributed by atoms with Gasteiger partial charge in [-0.1, -0.05) is 0 Å². The maximum absolute atomic E-state index is 11.5. The van der Waals surface area contributed by atoms with E-state index in [0.29, 0.717) is 12.1 Å². The first kappa shape index (κ1) is 13.0. The first-order chi connectivity index (χ1) is 8.20. The second-order valence-corrected chi connectivity index (χ2v) is 3.17. The molecule has 0 bridgehead atoms. The number of hydrogen-bond acceptors (Lipinski definition) is 5. The monoisotopic (exact) mass is 239 g/mol. The molecule has 7 nitrogen and oxygen atoms in total. The summed E-state index contributed by atoms with van der Waals surface area (Å²) in [7, 11) is 0. The third-order valence-corrected chi connectivity index (χ3v) is 1.87. The number of pyridine rings is 1. The lowest BCUT2D eigenvalue weighted by Gasteiger charge is -2.04. The number of aromatic nitrogens is 1. The van der Waals surface area contributed by atoms with Crippen LogP contribution in [0.4, 0.5) is 0 Å². The second-order valence-electron chi connectivity index (χ2n) is 3.17. The van der Waals surface area contributed by atoms with Crippen LogP contribution in [0.1, 0.15) is 10.4 Å². The Morgan fingerprint density at radius 3 is 3.00 bits per heavy atom. The highest BCUT2D eigenvalue weighted by Crippen LogP contribution is 1.94. The van der Waals surface area contributed by atoms with Crippen LogP contribution in [0.3, 0.4) is 0 Å². The van der Waals surface area contributed by atoms with E-state index in [1.54, 1.807) is 18.3 Å². The highest BCUT2D eigenvalue weighted by atomic mass is 16.6. The molecule has 1 amide bonds.